The monoisotopic (exact) mass is 538 g/mol. The summed E-state index contributed by atoms with van der Waals surface area (Å²) in [4.78, 5) is 58.5. The molecule has 1 fully saturated rings. The number of hydrogen-bond donors (Lipinski definition) is 4. The van der Waals surface area contributed by atoms with Gasteiger partial charge in [-0.3, -0.25) is 19.2 Å². The molecule has 0 radical (unpaired) electrons. The summed E-state index contributed by atoms with van der Waals surface area (Å²) < 4.78 is 0. The van der Waals surface area contributed by atoms with Crippen molar-refractivity contribution in [3.8, 4) is 0 Å². The van der Waals surface area contributed by atoms with Gasteiger partial charge in [0.2, 0.25) is 0 Å². The van der Waals surface area contributed by atoms with Gasteiger partial charge in [0.25, 0.3) is 23.5 Å². The zero-order valence-electron chi connectivity index (χ0n) is 21.7. The van der Waals surface area contributed by atoms with E-state index in [1.807, 2.05) is 13.0 Å². The Morgan fingerprint density at radius 3 is 2.38 bits per heavy atom. The Hall–Kier alpha value is -4.74. The van der Waals surface area contributed by atoms with Gasteiger partial charge in [0, 0.05) is 48.4 Å². The number of rotatable bonds is 6. The van der Waals surface area contributed by atoms with Gasteiger partial charge in [0.05, 0.1) is 16.8 Å². The van der Waals surface area contributed by atoms with Gasteiger partial charge < -0.3 is 30.1 Å². The van der Waals surface area contributed by atoms with Gasteiger partial charge >= 0.3 is 7.12 Å². The zero-order valence-corrected chi connectivity index (χ0v) is 21.7. The molecule has 202 valence electrons. The number of carbonyl (C=O) groups excluding carboxylic acids is 4. The highest BCUT2D eigenvalue weighted by Gasteiger charge is 2.34. The van der Waals surface area contributed by atoms with Crippen LogP contribution < -0.4 is 10.8 Å². The highest BCUT2D eigenvalue weighted by atomic mass is 16.4. The van der Waals surface area contributed by atoms with Gasteiger partial charge in [-0.15, -0.1) is 0 Å². The molecule has 1 aromatic heterocycles. The lowest BCUT2D eigenvalue weighted by atomic mass is 9.79. The lowest BCUT2D eigenvalue weighted by Crippen LogP contribution is -2.56. The topological polar surface area (TPSA) is 143 Å². The Balaban J connectivity index is 1.30. The van der Waals surface area contributed by atoms with Crippen LogP contribution in [0.15, 0.2) is 79.0 Å². The number of para-hydroxylation sites is 1. The number of nitrogens with one attached hydrogen (secondary N) is 2. The van der Waals surface area contributed by atoms with Crippen molar-refractivity contribution in [2.24, 2.45) is 0 Å². The Morgan fingerprint density at radius 2 is 1.65 bits per heavy atom. The smallest absolute Gasteiger partial charge is 0.423 e. The van der Waals surface area contributed by atoms with Crippen molar-refractivity contribution in [1.29, 1.82) is 0 Å². The van der Waals surface area contributed by atoms with Gasteiger partial charge in [-0.1, -0.05) is 42.5 Å². The summed E-state index contributed by atoms with van der Waals surface area (Å²) in [6, 6.07) is 19.5. The fourth-order valence-corrected chi connectivity index (χ4v) is 4.93. The number of piperazine rings is 1. The minimum absolute atomic E-state index is 0.114. The largest absolute Gasteiger partial charge is 0.488 e. The molecule has 1 aliphatic heterocycles. The molecule has 0 saturated carbocycles. The fraction of sp³-hybridized carbons (Fsp3) is 0.172. The van der Waals surface area contributed by atoms with Crippen LogP contribution in [0.4, 0.5) is 5.69 Å². The Bertz CT molecular complexity index is 1600. The van der Waals surface area contributed by atoms with Crippen molar-refractivity contribution >= 4 is 52.7 Å². The molecule has 1 aliphatic rings. The first-order valence-corrected chi connectivity index (χ1v) is 12.8. The molecular weight excluding hydrogens is 511 g/mol. The van der Waals surface area contributed by atoms with E-state index >= 15 is 0 Å². The van der Waals surface area contributed by atoms with E-state index in [0.29, 0.717) is 35.2 Å². The van der Waals surface area contributed by atoms with E-state index in [9.17, 15) is 29.2 Å². The lowest BCUT2D eigenvalue weighted by Gasteiger charge is -2.39. The van der Waals surface area contributed by atoms with Crippen LogP contribution in [-0.4, -0.2) is 81.1 Å². The van der Waals surface area contributed by atoms with E-state index in [1.165, 1.54) is 29.3 Å². The zero-order chi connectivity index (χ0) is 28.4. The maximum Gasteiger partial charge on any atom is 0.488 e. The summed E-state index contributed by atoms with van der Waals surface area (Å²) in [6.45, 7) is 2.67. The fourth-order valence-electron chi connectivity index (χ4n) is 4.93. The van der Waals surface area contributed by atoms with Crippen molar-refractivity contribution < 1.29 is 29.2 Å². The van der Waals surface area contributed by atoms with E-state index in [0.717, 1.165) is 0 Å². The second-order valence-electron chi connectivity index (χ2n) is 9.68. The predicted molar refractivity (Wildman–Crippen MR) is 150 cm³/mol. The second kappa shape index (κ2) is 11.2. The first-order chi connectivity index (χ1) is 19.2. The highest BCUT2D eigenvalue weighted by molar-refractivity contribution is 6.58. The number of ketones is 1. The Morgan fingerprint density at radius 1 is 0.925 bits per heavy atom. The molecular formula is C29H27BN4O6. The first-order valence-electron chi connectivity index (χ1n) is 12.8. The number of anilines is 1. The van der Waals surface area contributed by atoms with Gasteiger partial charge in [0.1, 0.15) is 0 Å². The molecule has 11 heteroatoms. The number of carbonyl (C=O) groups is 4. The van der Waals surface area contributed by atoms with Crippen molar-refractivity contribution in [2.45, 2.75) is 13.0 Å². The number of H-pyrrole nitrogens is 1. The Kier molecular flexibility index (Phi) is 7.50. The number of aromatic amines is 1. The molecule has 1 saturated heterocycles. The van der Waals surface area contributed by atoms with E-state index < -0.39 is 24.7 Å². The van der Waals surface area contributed by atoms with E-state index in [2.05, 4.69) is 10.3 Å². The van der Waals surface area contributed by atoms with Crippen molar-refractivity contribution in [3.63, 3.8) is 0 Å². The third-order valence-corrected chi connectivity index (χ3v) is 7.05. The molecule has 10 nitrogen and oxygen atoms in total. The van der Waals surface area contributed by atoms with Crippen LogP contribution >= 0.6 is 0 Å². The van der Waals surface area contributed by atoms with Gasteiger partial charge in [-0.05, 0) is 42.7 Å². The molecule has 1 unspecified atom stereocenters. The second-order valence-corrected chi connectivity index (χ2v) is 9.68. The summed E-state index contributed by atoms with van der Waals surface area (Å²) in [5.41, 5.74) is 2.01. The summed E-state index contributed by atoms with van der Waals surface area (Å²) in [5.74, 6) is -1.94. The van der Waals surface area contributed by atoms with E-state index in [4.69, 9.17) is 0 Å². The summed E-state index contributed by atoms with van der Waals surface area (Å²) in [5, 5.41) is 22.0. The Labute approximate surface area is 230 Å². The normalized spacial score (nSPS) is 15.1. The molecule has 0 aliphatic carbocycles. The minimum atomic E-state index is -1.71. The van der Waals surface area contributed by atoms with Crippen LogP contribution in [0.25, 0.3) is 10.9 Å². The maximum atomic E-state index is 13.3. The number of hydrogen-bond acceptors (Lipinski definition) is 6. The van der Waals surface area contributed by atoms with Crippen molar-refractivity contribution in [2.75, 3.05) is 25.0 Å². The SMILES string of the molecule is CC1CN(C(=O)c2ccccc2)CCN1C(=O)C(=O)c1c[nH]c2c(NC(=O)c3cccc(B(O)O)c3)cccc12. The van der Waals surface area contributed by atoms with Crippen molar-refractivity contribution in [3.05, 3.63) is 95.7 Å². The maximum absolute atomic E-state index is 13.3. The van der Waals surface area contributed by atoms with Crippen LogP contribution in [0.1, 0.15) is 38.0 Å². The lowest BCUT2D eigenvalue weighted by molar-refractivity contribution is -0.130. The van der Waals surface area contributed by atoms with Crippen LogP contribution in [0.2, 0.25) is 0 Å². The third kappa shape index (κ3) is 5.24. The van der Waals surface area contributed by atoms with Crippen LogP contribution in [-0.2, 0) is 4.79 Å². The third-order valence-electron chi connectivity index (χ3n) is 7.05. The number of amides is 3. The van der Waals surface area contributed by atoms with Crippen LogP contribution in [0.5, 0.6) is 0 Å². The number of aromatic nitrogens is 1. The molecule has 3 aromatic carbocycles. The molecule has 4 N–H and O–H groups in total. The summed E-state index contributed by atoms with van der Waals surface area (Å²) in [7, 11) is -1.71. The quantitative estimate of drug-likeness (QED) is 0.167. The van der Waals surface area contributed by atoms with Crippen molar-refractivity contribution in [1.82, 2.24) is 14.8 Å². The van der Waals surface area contributed by atoms with Gasteiger partial charge in [-0.2, -0.15) is 0 Å². The van der Waals surface area contributed by atoms with E-state index in [1.54, 1.807) is 53.4 Å². The number of fused-ring (bicyclic) bond motifs is 1. The number of nitrogens with zero attached hydrogens (tertiary/aromatic N) is 2. The average molecular weight is 538 g/mol. The van der Waals surface area contributed by atoms with Gasteiger partial charge in [-0.25, -0.2) is 0 Å². The molecule has 5 rings (SSSR count). The number of benzene rings is 3. The molecule has 2 heterocycles. The number of Topliss-reactive ketones (excluding diaryl/α,β-unsaturated/α-hetero) is 1. The van der Waals surface area contributed by atoms with E-state index in [-0.39, 0.29) is 35.1 Å². The summed E-state index contributed by atoms with van der Waals surface area (Å²) in [6.07, 6.45) is 1.45. The predicted octanol–water partition coefficient (Wildman–Crippen LogP) is 1.66. The summed E-state index contributed by atoms with van der Waals surface area (Å²) >= 11 is 0. The van der Waals surface area contributed by atoms with Crippen LogP contribution in [0, 0.1) is 0 Å². The standard InChI is InChI=1S/C29H27BN4O6/c1-18-17-33(28(37)19-7-3-2-4-8-19)13-14-34(18)29(38)26(35)23-16-31-25-22(23)11-6-12-24(25)32-27(36)20-9-5-10-21(15-20)30(39)40/h2-12,15-16,18,31,39-40H,13-14,17H2,1H3,(H,32,36). The minimum Gasteiger partial charge on any atom is -0.423 e. The van der Waals surface area contributed by atoms with Crippen LogP contribution in [0.3, 0.4) is 0 Å². The molecule has 0 spiro atoms. The molecule has 40 heavy (non-hydrogen) atoms. The molecule has 4 aromatic rings. The highest BCUT2D eigenvalue weighted by Crippen LogP contribution is 2.27. The van der Waals surface area contributed by atoms with Gasteiger partial charge in [0.15, 0.2) is 0 Å². The first kappa shape index (κ1) is 26.9. The molecule has 1 atom stereocenters. The average Bonchev–Trinajstić information content (AvgIpc) is 3.41. The molecule has 0 bridgehead atoms. The molecule has 3 amide bonds.